The fourth-order valence-electron chi connectivity index (χ4n) is 2.32. The van der Waals surface area contributed by atoms with E-state index < -0.39 is 0 Å². The minimum absolute atomic E-state index is 0.172. The molecule has 0 unspecified atom stereocenters. The summed E-state index contributed by atoms with van der Waals surface area (Å²) in [5, 5.41) is 3.60. The summed E-state index contributed by atoms with van der Waals surface area (Å²) in [6, 6.07) is 7.55. The molecule has 1 aliphatic carbocycles. The third kappa shape index (κ3) is 4.50. The molecule has 0 heterocycles. The van der Waals surface area contributed by atoms with E-state index in [1.165, 1.54) is 25.0 Å². The predicted molar refractivity (Wildman–Crippen MR) is 79.1 cm³/mol. The lowest BCUT2D eigenvalue weighted by molar-refractivity contribution is 0.341. The second kappa shape index (κ2) is 5.91. The highest BCUT2D eigenvalue weighted by Crippen LogP contribution is 2.24. The number of nitrogens with zero attached hydrogens (tertiary/aromatic N) is 1. The molecule has 1 aliphatic rings. The van der Waals surface area contributed by atoms with E-state index in [0.717, 1.165) is 31.4 Å². The first kappa shape index (κ1) is 14.3. The molecule has 19 heavy (non-hydrogen) atoms. The minimum Gasteiger partial charge on any atom is -0.371 e. The summed E-state index contributed by atoms with van der Waals surface area (Å²) in [4.78, 5) is 2.31. The highest BCUT2D eigenvalue weighted by Gasteiger charge is 2.26. The lowest BCUT2D eigenvalue weighted by atomic mass is 9.92. The number of benzene rings is 1. The first-order valence-corrected chi connectivity index (χ1v) is 7.24. The Morgan fingerprint density at radius 2 is 1.89 bits per heavy atom. The van der Waals surface area contributed by atoms with Crippen molar-refractivity contribution < 1.29 is 4.39 Å². The van der Waals surface area contributed by atoms with Gasteiger partial charge in [-0.05, 0) is 49.4 Å². The molecule has 2 rings (SSSR count). The smallest absolute Gasteiger partial charge is 0.123 e. The van der Waals surface area contributed by atoms with Crippen LogP contribution in [0.4, 0.5) is 10.1 Å². The summed E-state index contributed by atoms with van der Waals surface area (Å²) >= 11 is 0. The molecule has 2 nitrogen and oxygen atoms in total. The first-order valence-electron chi connectivity index (χ1n) is 7.24. The molecule has 1 fully saturated rings. The van der Waals surface area contributed by atoms with Crippen LogP contribution >= 0.6 is 0 Å². The zero-order valence-corrected chi connectivity index (χ0v) is 12.2. The largest absolute Gasteiger partial charge is 0.371 e. The van der Waals surface area contributed by atoms with Gasteiger partial charge in [-0.15, -0.1) is 0 Å². The second-order valence-corrected chi connectivity index (χ2v) is 6.31. The highest BCUT2D eigenvalue weighted by molar-refractivity contribution is 5.46. The van der Waals surface area contributed by atoms with Gasteiger partial charge in [-0.2, -0.15) is 0 Å². The monoisotopic (exact) mass is 264 g/mol. The Balaban J connectivity index is 1.94. The number of hydrogen-bond donors (Lipinski definition) is 1. The Bertz CT molecular complexity index is 396. The van der Waals surface area contributed by atoms with Crippen molar-refractivity contribution in [3.63, 3.8) is 0 Å². The highest BCUT2D eigenvalue weighted by atomic mass is 19.1. The summed E-state index contributed by atoms with van der Waals surface area (Å²) in [6.07, 6.45) is 2.65. The Morgan fingerprint density at radius 3 is 2.42 bits per heavy atom. The van der Waals surface area contributed by atoms with Crippen molar-refractivity contribution in [2.45, 2.75) is 39.7 Å². The van der Waals surface area contributed by atoms with Crippen LogP contribution in [0.25, 0.3) is 0 Å². The van der Waals surface area contributed by atoms with Crippen molar-refractivity contribution in [2.24, 2.45) is 5.41 Å². The van der Waals surface area contributed by atoms with E-state index in [-0.39, 0.29) is 11.2 Å². The van der Waals surface area contributed by atoms with Gasteiger partial charge in [0.2, 0.25) is 0 Å². The van der Waals surface area contributed by atoms with Gasteiger partial charge in [-0.1, -0.05) is 13.8 Å². The van der Waals surface area contributed by atoms with Crippen molar-refractivity contribution in [1.82, 2.24) is 5.32 Å². The minimum atomic E-state index is -0.172. The molecule has 1 N–H and O–H groups in total. The molecule has 0 radical (unpaired) electrons. The molecule has 106 valence electrons. The van der Waals surface area contributed by atoms with Gasteiger partial charge in [0.1, 0.15) is 5.82 Å². The van der Waals surface area contributed by atoms with Gasteiger partial charge >= 0.3 is 0 Å². The molecule has 1 aromatic carbocycles. The Morgan fingerprint density at radius 1 is 1.26 bits per heavy atom. The van der Waals surface area contributed by atoms with Crippen molar-refractivity contribution in [1.29, 1.82) is 0 Å². The first-order chi connectivity index (χ1) is 9.00. The van der Waals surface area contributed by atoms with Crippen LogP contribution in [0.2, 0.25) is 0 Å². The van der Waals surface area contributed by atoms with Crippen LogP contribution in [0.15, 0.2) is 24.3 Å². The summed E-state index contributed by atoms with van der Waals surface area (Å²) in [5.74, 6) is -0.172. The third-order valence-corrected chi connectivity index (χ3v) is 3.64. The maximum absolute atomic E-state index is 13.0. The van der Waals surface area contributed by atoms with E-state index in [0.29, 0.717) is 0 Å². The summed E-state index contributed by atoms with van der Waals surface area (Å²) in [7, 11) is 0. The zero-order chi connectivity index (χ0) is 13.9. The summed E-state index contributed by atoms with van der Waals surface area (Å²) < 4.78 is 13.0. The number of hydrogen-bond acceptors (Lipinski definition) is 2. The molecule has 0 bridgehead atoms. The van der Waals surface area contributed by atoms with Gasteiger partial charge < -0.3 is 10.2 Å². The van der Waals surface area contributed by atoms with Crippen LogP contribution in [0.5, 0.6) is 0 Å². The van der Waals surface area contributed by atoms with Crippen LogP contribution in [0.3, 0.4) is 0 Å². The van der Waals surface area contributed by atoms with Crippen LogP contribution in [-0.2, 0) is 0 Å². The SMILES string of the molecule is CCN(CC(C)(C)CNC1CC1)c1ccc(F)cc1. The molecule has 0 saturated heterocycles. The van der Waals surface area contributed by atoms with E-state index in [9.17, 15) is 4.39 Å². The third-order valence-electron chi connectivity index (χ3n) is 3.64. The van der Waals surface area contributed by atoms with Crippen LogP contribution in [0, 0.1) is 11.2 Å². The Labute approximate surface area is 116 Å². The average molecular weight is 264 g/mol. The average Bonchev–Trinajstić information content (AvgIpc) is 3.19. The topological polar surface area (TPSA) is 15.3 Å². The molecule has 0 amide bonds. The van der Waals surface area contributed by atoms with Gasteiger partial charge in [0.05, 0.1) is 0 Å². The molecule has 0 aliphatic heterocycles. The van der Waals surface area contributed by atoms with Gasteiger partial charge in [-0.3, -0.25) is 0 Å². The number of rotatable bonds is 7. The fourth-order valence-corrected chi connectivity index (χ4v) is 2.32. The molecule has 1 aromatic rings. The van der Waals surface area contributed by atoms with Crippen molar-refractivity contribution in [3.05, 3.63) is 30.1 Å². The molecule has 0 atom stereocenters. The summed E-state index contributed by atoms with van der Waals surface area (Å²) in [5.41, 5.74) is 1.32. The molecular weight excluding hydrogens is 239 g/mol. The fraction of sp³-hybridized carbons (Fsp3) is 0.625. The van der Waals surface area contributed by atoms with E-state index in [1.807, 2.05) is 12.1 Å². The van der Waals surface area contributed by atoms with Crippen molar-refractivity contribution >= 4 is 5.69 Å². The van der Waals surface area contributed by atoms with Crippen molar-refractivity contribution in [2.75, 3.05) is 24.5 Å². The lowest BCUT2D eigenvalue weighted by Gasteiger charge is -2.34. The van der Waals surface area contributed by atoms with Gasteiger partial charge in [-0.25, -0.2) is 4.39 Å². The van der Waals surface area contributed by atoms with E-state index >= 15 is 0 Å². The molecule has 1 saturated carbocycles. The van der Waals surface area contributed by atoms with Crippen LogP contribution < -0.4 is 10.2 Å². The Kier molecular flexibility index (Phi) is 4.46. The van der Waals surface area contributed by atoms with E-state index in [2.05, 4.69) is 31.0 Å². The maximum atomic E-state index is 13.0. The summed E-state index contributed by atoms with van der Waals surface area (Å²) in [6.45, 7) is 9.68. The van der Waals surface area contributed by atoms with E-state index in [4.69, 9.17) is 0 Å². The maximum Gasteiger partial charge on any atom is 0.123 e. The standard InChI is InChI=1S/C16H25FN2/c1-4-19(15-9-5-13(17)6-10-15)12-16(2,3)11-18-14-7-8-14/h5-6,9-10,14,18H,4,7-8,11-12H2,1-3H3. The van der Waals surface area contributed by atoms with Crippen molar-refractivity contribution in [3.8, 4) is 0 Å². The predicted octanol–water partition coefficient (Wildman–Crippen LogP) is 3.43. The normalized spacial score (nSPS) is 15.6. The second-order valence-electron chi connectivity index (χ2n) is 6.31. The van der Waals surface area contributed by atoms with Crippen LogP contribution in [-0.4, -0.2) is 25.7 Å². The molecule has 3 heteroatoms. The lowest BCUT2D eigenvalue weighted by Crippen LogP contribution is -2.41. The van der Waals surface area contributed by atoms with Gasteiger partial charge in [0, 0.05) is 31.4 Å². The van der Waals surface area contributed by atoms with Gasteiger partial charge in [0.25, 0.3) is 0 Å². The Hall–Kier alpha value is -1.09. The zero-order valence-electron chi connectivity index (χ0n) is 12.2. The number of nitrogens with one attached hydrogen (secondary N) is 1. The van der Waals surface area contributed by atoms with Gasteiger partial charge in [0.15, 0.2) is 0 Å². The van der Waals surface area contributed by atoms with E-state index in [1.54, 1.807) is 0 Å². The number of anilines is 1. The van der Waals surface area contributed by atoms with Crippen LogP contribution in [0.1, 0.15) is 33.6 Å². The molecular formula is C16H25FN2. The quantitative estimate of drug-likeness (QED) is 0.811. The molecule has 0 aromatic heterocycles. The molecule has 0 spiro atoms. The number of halogens is 1.